The monoisotopic (exact) mass is 506 g/mol. The molecule has 11 nitrogen and oxygen atoms in total. The van der Waals surface area contributed by atoms with Crippen molar-refractivity contribution < 1.29 is 22.4 Å². The van der Waals surface area contributed by atoms with E-state index in [1.54, 1.807) is 7.05 Å². The molecule has 4 aromatic rings. The van der Waals surface area contributed by atoms with E-state index < -0.39 is 31.0 Å². The first kappa shape index (κ1) is 23.7. The van der Waals surface area contributed by atoms with Crippen molar-refractivity contribution in [3.63, 3.8) is 0 Å². The molecule has 1 amide bonds. The van der Waals surface area contributed by atoms with Gasteiger partial charge in [0.2, 0.25) is 11.9 Å². The number of aromatic nitrogens is 7. The lowest BCUT2D eigenvalue weighted by Crippen LogP contribution is -2.49. The Kier molecular flexibility index (Phi) is 6.05. The van der Waals surface area contributed by atoms with Gasteiger partial charge in [-0.1, -0.05) is 5.21 Å². The Bertz CT molecular complexity index is 1440. The Morgan fingerprint density at radius 3 is 2.78 bits per heavy atom. The third kappa shape index (κ3) is 4.24. The third-order valence-electron chi connectivity index (χ3n) is 6.05. The molecule has 4 aromatic heterocycles. The van der Waals surface area contributed by atoms with Gasteiger partial charge in [0.05, 0.1) is 30.0 Å². The summed E-state index contributed by atoms with van der Waals surface area (Å²) in [5, 5.41) is 17.6. The number of hydrogen-bond donors (Lipinski definition) is 2. The first-order valence-corrected chi connectivity index (χ1v) is 11.2. The summed E-state index contributed by atoms with van der Waals surface area (Å²) in [5.74, 6) is -0.554. The molecule has 36 heavy (non-hydrogen) atoms. The summed E-state index contributed by atoms with van der Waals surface area (Å²) in [6.45, 7) is 1.04. The fourth-order valence-electron chi connectivity index (χ4n) is 4.30. The quantitative estimate of drug-likeness (QED) is 0.383. The highest BCUT2D eigenvalue weighted by atomic mass is 19.3. The molecule has 15 heteroatoms. The van der Waals surface area contributed by atoms with Gasteiger partial charge in [-0.3, -0.25) is 4.79 Å². The van der Waals surface area contributed by atoms with E-state index in [2.05, 4.69) is 36.0 Å². The summed E-state index contributed by atoms with van der Waals surface area (Å²) >= 11 is 0. The predicted octanol–water partition coefficient (Wildman–Crippen LogP) is 2.35. The molecule has 2 atom stereocenters. The van der Waals surface area contributed by atoms with Crippen LogP contribution in [-0.2, 0) is 11.3 Å². The second-order valence-corrected chi connectivity index (χ2v) is 8.40. The average Bonchev–Trinajstić information content (AvgIpc) is 3.38. The zero-order valence-electron chi connectivity index (χ0n) is 19.3. The number of anilines is 2. The Labute approximate surface area is 201 Å². The molecule has 0 saturated carbocycles. The molecule has 0 aromatic carbocycles. The van der Waals surface area contributed by atoms with E-state index >= 15 is 4.39 Å². The summed E-state index contributed by atoms with van der Waals surface area (Å²) in [4.78, 5) is 21.7. The number of nitrogens with zero attached hydrogens (tertiary/aromatic N) is 8. The zero-order valence-corrected chi connectivity index (χ0v) is 19.3. The van der Waals surface area contributed by atoms with Gasteiger partial charge < -0.3 is 15.5 Å². The number of hydrogen-bond acceptors (Lipinski definition) is 8. The van der Waals surface area contributed by atoms with Crippen molar-refractivity contribution >= 4 is 34.4 Å². The van der Waals surface area contributed by atoms with Crippen molar-refractivity contribution in [2.45, 2.75) is 38.5 Å². The van der Waals surface area contributed by atoms with Crippen LogP contribution in [0, 0.1) is 5.82 Å². The fourth-order valence-corrected chi connectivity index (χ4v) is 4.30. The van der Waals surface area contributed by atoms with Crippen molar-refractivity contribution in [3.05, 3.63) is 24.1 Å². The van der Waals surface area contributed by atoms with E-state index in [4.69, 9.17) is 0 Å². The number of halogens is 4. The Morgan fingerprint density at radius 1 is 1.28 bits per heavy atom. The number of rotatable bonds is 6. The lowest BCUT2D eigenvalue weighted by Gasteiger charge is -2.34. The van der Waals surface area contributed by atoms with Crippen LogP contribution >= 0.6 is 0 Å². The summed E-state index contributed by atoms with van der Waals surface area (Å²) in [5.41, 5.74) is 0.833. The summed E-state index contributed by atoms with van der Waals surface area (Å²) in [6.07, 6.45) is -2.52. The standard InChI is InChI=1S/C21H22F4N10O/c1-10(36)33-6-5-13(11(22)7-33)28-21-29-19(26-2)18-17(12(23)8-34(18)31-21)14-3-4-15-20(27-14)35(32-30-15)9-16(24)25/h3-4,8,11,13,16H,5-7,9H2,1-2H3,(H2,26,28,29,31)/t11-,13+/m1/s1. The van der Waals surface area contributed by atoms with Gasteiger partial charge in [-0.05, 0) is 18.6 Å². The number of carbonyl (C=O) groups is 1. The number of carbonyl (C=O) groups excluding carboxylic acids is 1. The number of likely N-dealkylation sites (tertiary alicyclic amines) is 1. The number of amides is 1. The molecular weight excluding hydrogens is 484 g/mol. The van der Waals surface area contributed by atoms with Crippen LogP contribution in [0.2, 0.25) is 0 Å². The van der Waals surface area contributed by atoms with Gasteiger partial charge in [-0.25, -0.2) is 31.7 Å². The lowest BCUT2D eigenvalue weighted by molar-refractivity contribution is -0.131. The maximum absolute atomic E-state index is 15.2. The molecule has 1 saturated heterocycles. The van der Waals surface area contributed by atoms with Gasteiger partial charge in [-0.15, -0.1) is 10.2 Å². The van der Waals surface area contributed by atoms with Crippen LogP contribution in [0.3, 0.4) is 0 Å². The first-order chi connectivity index (χ1) is 17.2. The lowest BCUT2D eigenvalue weighted by atomic mass is 10.0. The smallest absolute Gasteiger partial charge is 0.258 e. The Morgan fingerprint density at radius 2 is 2.08 bits per heavy atom. The van der Waals surface area contributed by atoms with Crippen LogP contribution in [0.15, 0.2) is 18.3 Å². The maximum Gasteiger partial charge on any atom is 0.258 e. The molecule has 5 heterocycles. The summed E-state index contributed by atoms with van der Waals surface area (Å²) < 4.78 is 57.9. The number of nitrogens with one attached hydrogen (secondary N) is 2. The fraction of sp³-hybridized carbons (Fsp3) is 0.429. The van der Waals surface area contributed by atoms with E-state index in [1.807, 2.05) is 0 Å². The highest BCUT2D eigenvalue weighted by Gasteiger charge is 2.31. The van der Waals surface area contributed by atoms with Crippen LogP contribution in [-0.4, -0.2) is 84.2 Å². The highest BCUT2D eigenvalue weighted by molar-refractivity contribution is 5.89. The van der Waals surface area contributed by atoms with E-state index in [0.29, 0.717) is 13.0 Å². The van der Waals surface area contributed by atoms with Crippen LogP contribution < -0.4 is 10.6 Å². The molecule has 5 rings (SSSR count). The van der Waals surface area contributed by atoms with E-state index in [0.717, 1.165) is 10.9 Å². The van der Waals surface area contributed by atoms with Gasteiger partial charge in [0.25, 0.3) is 6.43 Å². The minimum absolute atomic E-state index is 0.0401. The second-order valence-electron chi connectivity index (χ2n) is 8.40. The topological polar surface area (TPSA) is 118 Å². The molecule has 190 valence electrons. The molecule has 1 aliphatic rings. The van der Waals surface area contributed by atoms with Crippen LogP contribution in [0.25, 0.3) is 27.9 Å². The van der Waals surface area contributed by atoms with Gasteiger partial charge >= 0.3 is 0 Å². The molecule has 0 radical (unpaired) electrons. The molecule has 2 N–H and O–H groups in total. The molecule has 1 fully saturated rings. The summed E-state index contributed by atoms with van der Waals surface area (Å²) in [7, 11) is 1.59. The van der Waals surface area contributed by atoms with Crippen molar-refractivity contribution in [1.82, 2.24) is 39.5 Å². The third-order valence-corrected chi connectivity index (χ3v) is 6.05. The van der Waals surface area contributed by atoms with Crippen molar-refractivity contribution in [3.8, 4) is 11.3 Å². The number of alkyl halides is 3. The molecule has 0 unspecified atom stereocenters. The Balaban J connectivity index is 1.51. The van der Waals surface area contributed by atoms with Crippen LogP contribution in [0.4, 0.5) is 29.3 Å². The molecule has 1 aliphatic heterocycles. The van der Waals surface area contributed by atoms with Gasteiger partial charge in [0, 0.05) is 20.5 Å². The molecular formula is C21H22F4N10O. The SMILES string of the molecule is CNc1nc(N[C@H]2CCN(C(C)=O)C[C@H]2F)nn2cc(F)c(-c3ccc4nnn(CC(F)F)c4n3)c12. The second kappa shape index (κ2) is 9.20. The highest BCUT2D eigenvalue weighted by Crippen LogP contribution is 2.33. The number of fused-ring (bicyclic) bond motifs is 2. The zero-order chi connectivity index (χ0) is 25.6. The Hall–Kier alpha value is -4.04. The van der Waals surface area contributed by atoms with Gasteiger partial charge in [0.1, 0.15) is 23.7 Å². The van der Waals surface area contributed by atoms with Gasteiger partial charge in [0.15, 0.2) is 17.3 Å². The summed E-state index contributed by atoms with van der Waals surface area (Å²) in [6, 6.07) is 2.39. The molecule has 0 aliphatic carbocycles. The number of pyridine rings is 1. The minimum atomic E-state index is -2.67. The van der Waals surface area contributed by atoms with E-state index in [9.17, 15) is 18.0 Å². The van der Waals surface area contributed by atoms with Crippen molar-refractivity contribution in [1.29, 1.82) is 0 Å². The minimum Gasteiger partial charge on any atom is -0.371 e. The average molecular weight is 506 g/mol. The molecule has 0 bridgehead atoms. The van der Waals surface area contributed by atoms with Gasteiger partial charge in [-0.2, -0.15) is 4.98 Å². The molecule has 0 spiro atoms. The van der Waals surface area contributed by atoms with Crippen molar-refractivity contribution in [2.75, 3.05) is 30.8 Å². The maximum atomic E-state index is 15.2. The largest absolute Gasteiger partial charge is 0.371 e. The van der Waals surface area contributed by atoms with Crippen molar-refractivity contribution in [2.24, 2.45) is 0 Å². The van der Waals surface area contributed by atoms with Crippen LogP contribution in [0.5, 0.6) is 0 Å². The van der Waals surface area contributed by atoms with Crippen LogP contribution in [0.1, 0.15) is 13.3 Å². The number of piperidine rings is 1. The first-order valence-electron chi connectivity index (χ1n) is 11.2. The normalized spacial score (nSPS) is 18.4. The van der Waals surface area contributed by atoms with E-state index in [-0.39, 0.29) is 52.2 Å². The predicted molar refractivity (Wildman–Crippen MR) is 122 cm³/mol. The van der Waals surface area contributed by atoms with E-state index in [1.165, 1.54) is 28.5 Å².